The highest BCUT2D eigenvalue weighted by Crippen LogP contribution is 2.39. The maximum atomic E-state index is 12.7. The SMILES string of the molecule is CC[C@H]1O[C@@H](N2C(=O)Cc3c(Cl)nc(N)nc32)[C@H](OC(C)=O)[C@H]1OC(C)=O. The lowest BCUT2D eigenvalue weighted by atomic mass is 10.1. The number of carbonyl (C=O) groups is 3. The second-order valence-corrected chi connectivity index (χ2v) is 6.59. The number of nitrogens with zero attached hydrogens (tertiary/aromatic N) is 3. The molecule has 0 radical (unpaired) electrons. The number of nitrogens with two attached hydrogens (primary N) is 1. The number of ether oxygens (including phenoxy) is 3. The van der Waals surface area contributed by atoms with Gasteiger partial charge in [0.1, 0.15) is 17.1 Å². The Balaban J connectivity index is 2.03. The number of rotatable bonds is 4. The van der Waals surface area contributed by atoms with E-state index in [1.807, 2.05) is 6.92 Å². The van der Waals surface area contributed by atoms with Crippen LogP contribution in [0.3, 0.4) is 0 Å². The molecule has 2 aliphatic rings. The van der Waals surface area contributed by atoms with E-state index in [0.717, 1.165) is 0 Å². The summed E-state index contributed by atoms with van der Waals surface area (Å²) >= 11 is 6.08. The minimum absolute atomic E-state index is 0.0455. The van der Waals surface area contributed by atoms with Crippen LogP contribution in [0.1, 0.15) is 32.8 Å². The molecule has 0 aliphatic carbocycles. The van der Waals surface area contributed by atoms with E-state index in [4.69, 9.17) is 31.5 Å². The summed E-state index contributed by atoms with van der Waals surface area (Å²) < 4.78 is 16.6. The van der Waals surface area contributed by atoms with Crippen molar-refractivity contribution in [2.24, 2.45) is 0 Å². The minimum Gasteiger partial charge on any atom is -0.456 e. The van der Waals surface area contributed by atoms with E-state index in [1.54, 1.807) is 0 Å². The molecule has 0 saturated carbocycles. The molecule has 3 rings (SSSR count). The van der Waals surface area contributed by atoms with Gasteiger partial charge >= 0.3 is 11.9 Å². The fourth-order valence-electron chi connectivity index (χ4n) is 3.33. The van der Waals surface area contributed by atoms with E-state index >= 15 is 0 Å². The van der Waals surface area contributed by atoms with Gasteiger partial charge in [0, 0.05) is 19.4 Å². The van der Waals surface area contributed by atoms with Crippen molar-refractivity contribution in [2.45, 2.75) is 58.2 Å². The van der Waals surface area contributed by atoms with E-state index in [0.29, 0.717) is 12.0 Å². The molecular formula is C16H19ClN4O6. The zero-order chi connectivity index (χ0) is 19.9. The molecule has 2 N–H and O–H groups in total. The molecule has 1 aromatic heterocycles. The molecule has 1 saturated heterocycles. The first kappa shape index (κ1) is 19.3. The van der Waals surface area contributed by atoms with Crippen LogP contribution in [0.5, 0.6) is 0 Å². The van der Waals surface area contributed by atoms with Gasteiger partial charge in [-0.25, -0.2) is 4.98 Å². The predicted octanol–water partition coefficient (Wildman–Crippen LogP) is 0.600. The summed E-state index contributed by atoms with van der Waals surface area (Å²) in [5.41, 5.74) is 6.07. The van der Waals surface area contributed by atoms with E-state index in [2.05, 4.69) is 9.97 Å². The first-order chi connectivity index (χ1) is 12.7. The highest BCUT2D eigenvalue weighted by atomic mass is 35.5. The van der Waals surface area contributed by atoms with Crippen molar-refractivity contribution in [1.29, 1.82) is 0 Å². The standard InChI is InChI=1S/C16H19ClN4O6/c1-4-9-11(25-6(2)22)12(26-7(3)23)15(27-9)21-10(24)5-8-13(17)19-16(18)20-14(8)21/h9,11-12,15H,4-5H2,1-3H3,(H2,18,19,20)/t9-,11+,12-,15-/m1/s1. The second-order valence-electron chi connectivity index (χ2n) is 6.24. The summed E-state index contributed by atoms with van der Waals surface area (Å²) in [5.74, 6) is -1.44. The molecule has 146 valence electrons. The van der Waals surface area contributed by atoms with Gasteiger partial charge in [-0.15, -0.1) is 0 Å². The number of halogens is 1. The molecular weight excluding hydrogens is 380 g/mol. The minimum atomic E-state index is -1.04. The number of anilines is 2. The van der Waals surface area contributed by atoms with Crippen molar-refractivity contribution in [2.75, 3.05) is 10.6 Å². The maximum absolute atomic E-state index is 12.7. The van der Waals surface area contributed by atoms with E-state index < -0.39 is 36.5 Å². The first-order valence-electron chi connectivity index (χ1n) is 8.36. The summed E-state index contributed by atoms with van der Waals surface area (Å²) in [6.45, 7) is 4.29. The van der Waals surface area contributed by atoms with Gasteiger partial charge in [0.15, 0.2) is 18.4 Å². The number of hydrogen-bond donors (Lipinski definition) is 1. The lowest BCUT2D eigenvalue weighted by Gasteiger charge is -2.28. The average molecular weight is 399 g/mol. The Morgan fingerprint density at radius 2 is 1.89 bits per heavy atom. The van der Waals surface area contributed by atoms with Gasteiger partial charge in [0.25, 0.3) is 0 Å². The van der Waals surface area contributed by atoms with Gasteiger partial charge in [-0.1, -0.05) is 18.5 Å². The zero-order valence-corrected chi connectivity index (χ0v) is 15.7. The smallest absolute Gasteiger partial charge is 0.303 e. The van der Waals surface area contributed by atoms with Crippen LogP contribution >= 0.6 is 11.6 Å². The van der Waals surface area contributed by atoms with E-state index in [1.165, 1.54) is 18.7 Å². The van der Waals surface area contributed by atoms with Crippen LogP contribution in [0.4, 0.5) is 11.8 Å². The Bertz CT molecular complexity index is 803. The van der Waals surface area contributed by atoms with Crippen molar-refractivity contribution in [3.05, 3.63) is 10.7 Å². The maximum Gasteiger partial charge on any atom is 0.303 e. The Morgan fingerprint density at radius 3 is 2.48 bits per heavy atom. The summed E-state index contributed by atoms with van der Waals surface area (Å²) in [6, 6.07) is 0. The Morgan fingerprint density at radius 1 is 1.26 bits per heavy atom. The van der Waals surface area contributed by atoms with Crippen LogP contribution in [0.15, 0.2) is 0 Å². The highest BCUT2D eigenvalue weighted by molar-refractivity contribution is 6.31. The number of amides is 1. The molecule has 10 nitrogen and oxygen atoms in total. The van der Waals surface area contributed by atoms with E-state index in [-0.39, 0.29) is 29.2 Å². The van der Waals surface area contributed by atoms with E-state index in [9.17, 15) is 14.4 Å². The summed E-state index contributed by atoms with van der Waals surface area (Å²) in [4.78, 5) is 45.0. The quantitative estimate of drug-likeness (QED) is 0.571. The Labute approximate surface area is 159 Å². The van der Waals surface area contributed by atoms with Gasteiger partial charge in [-0.05, 0) is 6.42 Å². The summed E-state index contributed by atoms with van der Waals surface area (Å²) in [6.07, 6.45) is -3.09. The molecule has 1 aromatic rings. The van der Waals surface area contributed by atoms with Gasteiger partial charge in [0.2, 0.25) is 11.9 Å². The van der Waals surface area contributed by atoms with Crippen molar-refractivity contribution in [3.63, 3.8) is 0 Å². The molecule has 0 spiro atoms. The molecule has 1 fully saturated rings. The largest absolute Gasteiger partial charge is 0.456 e. The van der Waals surface area contributed by atoms with Crippen LogP contribution in [-0.2, 0) is 35.0 Å². The van der Waals surface area contributed by atoms with Crippen molar-refractivity contribution in [3.8, 4) is 0 Å². The van der Waals surface area contributed by atoms with Crippen LogP contribution in [-0.4, -0.2) is 52.4 Å². The molecule has 0 unspecified atom stereocenters. The van der Waals surface area contributed by atoms with Gasteiger partial charge in [-0.2, -0.15) is 4.98 Å². The molecule has 2 aliphatic heterocycles. The fourth-order valence-corrected chi connectivity index (χ4v) is 3.56. The Hall–Kier alpha value is -2.46. The fraction of sp³-hybridized carbons (Fsp3) is 0.562. The Kier molecular flexibility index (Phi) is 5.20. The van der Waals surface area contributed by atoms with Gasteiger partial charge in [-0.3, -0.25) is 19.3 Å². The summed E-state index contributed by atoms with van der Waals surface area (Å²) in [5, 5.41) is 0.0685. The molecule has 11 heteroatoms. The lowest BCUT2D eigenvalue weighted by molar-refractivity contribution is -0.164. The highest BCUT2D eigenvalue weighted by Gasteiger charge is 2.54. The molecule has 3 heterocycles. The third-order valence-corrected chi connectivity index (χ3v) is 4.64. The van der Waals surface area contributed by atoms with Crippen LogP contribution in [0.25, 0.3) is 0 Å². The topological polar surface area (TPSA) is 134 Å². The number of esters is 2. The van der Waals surface area contributed by atoms with Gasteiger partial charge in [0.05, 0.1) is 6.42 Å². The number of aromatic nitrogens is 2. The number of carbonyl (C=O) groups excluding carboxylic acids is 3. The van der Waals surface area contributed by atoms with Crippen LogP contribution in [0, 0.1) is 0 Å². The summed E-state index contributed by atoms with van der Waals surface area (Å²) in [7, 11) is 0. The average Bonchev–Trinajstić information content (AvgIpc) is 3.04. The van der Waals surface area contributed by atoms with Crippen molar-refractivity contribution in [1.82, 2.24) is 9.97 Å². The van der Waals surface area contributed by atoms with Crippen molar-refractivity contribution >= 4 is 41.2 Å². The van der Waals surface area contributed by atoms with Gasteiger partial charge < -0.3 is 19.9 Å². The zero-order valence-electron chi connectivity index (χ0n) is 15.0. The van der Waals surface area contributed by atoms with Crippen molar-refractivity contribution < 1.29 is 28.6 Å². The lowest BCUT2D eigenvalue weighted by Crippen LogP contribution is -2.49. The molecule has 1 amide bonds. The molecule has 4 atom stereocenters. The van der Waals surface area contributed by atoms with Crippen LogP contribution < -0.4 is 10.6 Å². The number of hydrogen-bond acceptors (Lipinski definition) is 9. The molecule has 0 aromatic carbocycles. The first-order valence-corrected chi connectivity index (χ1v) is 8.74. The van der Waals surface area contributed by atoms with Crippen LogP contribution in [0.2, 0.25) is 5.15 Å². The second kappa shape index (κ2) is 7.28. The predicted molar refractivity (Wildman–Crippen MR) is 92.7 cm³/mol. The third kappa shape index (κ3) is 3.54. The molecule has 0 bridgehead atoms. The third-order valence-electron chi connectivity index (χ3n) is 4.32. The number of fused-ring (bicyclic) bond motifs is 1. The number of nitrogen functional groups attached to an aromatic ring is 1. The monoisotopic (exact) mass is 398 g/mol. The normalized spacial score (nSPS) is 26.8. The molecule has 27 heavy (non-hydrogen) atoms.